The van der Waals surface area contributed by atoms with Crippen LogP contribution in [0.25, 0.3) is 10.9 Å². The van der Waals surface area contributed by atoms with Crippen molar-refractivity contribution in [2.45, 2.75) is 26.9 Å². The van der Waals surface area contributed by atoms with Crippen molar-refractivity contribution < 1.29 is 4.79 Å². The summed E-state index contributed by atoms with van der Waals surface area (Å²) < 4.78 is 0. The van der Waals surface area contributed by atoms with Gasteiger partial charge in [0.1, 0.15) is 5.15 Å². The van der Waals surface area contributed by atoms with E-state index in [1.54, 1.807) is 17.3 Å². The van der Waals surface area contributed by atoms with Crippen LogP contribution in [-0.4, -0.2) is 20.8 Å². The first-order valence-corrected chi connectivity index (χ1v) is 10.5. The first-order valence-electron chi connectivity index (χ1n) is 9.29. The van der Waals surface area contributed by atoms with E-state index in [0.29, 0.717) is 23.1 Å². The Kier molecular flexibility index (Phi) is 5.60. The van der Waals surface area contributed by atoms with Crippen molar-refractivity contribution in [2.24, 2.45) is 0 Å². The van der Waals surface area contributed by atoms with Crippen LogP contribution in [-0.2, 0) is 13.1 Å². The summed E-state index contributed by atoms with van der Waals surface area (Å²) in [6.07, 6.45) is 3.50. The normalized spacial score (nSPS) is 11.0. The van der Waals surface area contributed by atoms with Crippen LogP contribution in [0.5, 0.6) is 0 Å². The molecule has 0 saturated heterocycles. The van der Waals surface area contributed by atoms with Gasteiger partial charge >= 0.3 is 0 Å². The number of pyridine rings is 2. The van der Waals surface area contributed by atoms with E-state index in [0.717, 1.165) is 22.0 Å². The Hall–Kier alpha value is -2.76. The van der Waals surface area contributed by atoms with Crippen LogP contribution in [0.3, 0.4) is 0 Å². The SMILES string of the molecule is Cc1cc2cc(CN(Cc3cccnc3)C(=O)c3cccs3)c(Cl)nc2cc1C. The van der Waals surface area contributed by atoms with Gasteiger partial charge in [0.2, 0.25) is 0 Å². The van der Waals surface area contributed by atoms with Gasteiger partial charge in [-0.05, 0) is 66.2 Å². The number of carbonyl (C=O) groups is 1. The second kappa shape index (κ2) is 8.31. The van der Waals surface area contributed by atoms with Crippen molar-refractivity contribution in [2.75, 3.05) is 0 Å². The van der Waals surface area contributed by atoms with E-state index >= 15 is 0 Å². The third-order valence-electron chi connectivity index (χ3n) is 4.93. The van der Waals surface area contributed by atoms with Crippen LogP contribution < -0.4 is 0 Å². The molecular weight excluding hydrogens is 402 g/mol. The molecule has 0 bridgehead atoms. The van der Waals surface area contributed by atoms with Crippen LogP contribution in [0.15, 0.2) is 60.2 Å². The lowest BCUT2D eigenvalue weighted by Gasteiger charge is -2.23. The fraction of sp³-hybridized carbons (Fsp3) is 0.174. The molecule has 1 amide bonds. The monoisotopic (exact) mass is 421 g/mol. The van der Waals surface area contributed by atoms with Gasteiger partial charge in [-0.15, -0.1) is 11.3 Å². The summed E-state index contributed by atoms with van der Waals surface area (Å²) in [6.45, 7) is 4.97. The van der Waals surface area contributed by atoms with Gasteiger partial charge in [0, 0.05) is 36.4 Å². The number of nitrogens with zero attached hydrogens (tertiary/aromatic N) is 3. The summed E-state index contributed by atoms with van der Waals surface area (Å²) in [6, 6.07) is 13.8. The van der Waals surface area contributed by atoms with E-state index in [1.165, 1.54) is 22.5 Å². The van der Waals surface area contributed by atoms with Crippen LogP contribution >= 0.6 is 22.9 Å². The van der Waals surface area contributed by atoms with Crippen molar-refractivity contribution >= 4 is 39.7 Å². The minimum atomic E-state index is -0.0277. The minimum Gasteiger partial charge on any atom is -0.329 e. The third kappa shape index (κ3) is 4.31. The second-order valence-electron chi connectivity index (χ2n) is 7.07. The standard InChI is InChI=1S/C23H20ClN3OS/c1-15-9-18-11-19(22(24)26-20(18)10-16(15)2)14-27(13-17-5-3-7-25-12-17)23(28)21-6-4-8-29-21/h3-12H,13-14H2,1-2H3. The van der Waals surface area contributed by atoms with E-state index < -0.39 is 0 Å². The average Bonchev–Trinajstić information content (AvgIpc) is 3.25. The molecule has 0 unspecified atom stereocenters. The van der Waals surface area contributed by atoms with E-state index in [2.05, 4.69) is 29.9 Å². The molecule has 0 saturated carbocycles. The van der Waals surface area contributed by atoms with Crippen LogP contribution in [0.1, 0.15) is 31.9 Å². The number of fused-ring (bicyclic) bond motifs is 1. The highest BCUT2D eigenvalue weighted by Crippen LogP contribution is 2.26. The van der Waals surface area contributed by atoms with E-state index in [1.807, 2.05) is 41.8 Å². The molecule has 0 aliphatic rings. The van der Waals surface area contributed by atoms with Gasteiger partial charge in [-0.2, -0.15) is 0 Å². The summed E-state index contributed by atoms with van der Waals surface area (Å²) in [4.78, 5) is 24.4. The second-order valence-corrected chi connectivity index (χ2v) is 8.37. The zero-order valence-electron chi connectivity index (χ0n) is 16.2. The van der Waals surface area contributed by atoms with Crippen molar-refractivity contribution in [3.05, 3.63) is 92.5 Å². The van der Waals surface area contributed by atoms with E-state index in [-0.39, 0.29) is 5.91 Å². The molecule has 0 radical (unpaired) electrons. The molecule has 146 valence electrons. The fourth-order valence-electron chi connectivity index (χ4n) is 3.24. The quantitative estimate of drug-likeness (QED) is 0.382. The number of benzene rings is 1. The number of rotatable bonds is 5. The summed E-state index contributed by atoms with van der Waals surface area (Å²) in [5.74, 6) is -0.0277. The number of thiophene rings is 1. The maximum atomic E-state index is 13.1. The molecule has 3 aromatic heterocycles. The Balaban J connectivity index is 1.70. The zero-order valence-corrected chi connectivity index (χ0v) is 17.8. The van der Waals surface area contributed by atoms with E-state index in [4.69, 9.17) is 11.6 Å². The number of hydrogen-bond acceptors (Lipinski definition) is 4. The molecule has 0 N–H and O–H groups in total. The molecule has 0 spiro atoms. The Morgan fingerprint density at radius 1 is 1.10 bits per heavy atom. The van der Waals surface area contributed by atoms with Crippen molar-refractivity contribution in [3.63, 3.8) is 0 Å². The summed E-state index contributed by atoms with van der Waals surface area (Å²) in [7, 11) is 0. The third-order valence-corrected chi connectivity index (χ3v) is 6.12. The molecule has 0 aliphatic heterocycles. The molecule has 1 aromatic carbocycles. The van der Waals surface area contributed by atoms with Crippen molar-refractivity contribution in [3.8, 4) is 0 Å². The Morgan fingerprint density at radius 3 is 2.66 bits per heavy atom. The number of amides is 1. The predicted molar refractivity (Wildman–Crippen MR) is 118 cm³/mol. The smallest absolute Gasteiger partial charge is 0.264 e. The Bertz CT molecular complexity index is 1160. The molecule has 29 heavy (non-hydrogen) atoms. The maximum absolute atomic E-state index is 13.1. The van der Waals surface area contributed by atoms with Crippen LogP contribution in [0.2, 0.25) is 5.15 Å². The molecule has 0 aliphatic carbocycles. The summed E-state index contributed by atoms with van der Waals surface area (Å²) in [5, 5.41) is 3.36. The van der Waals surface area contributed by atoms with E-state index in [9.17, 15) is 4.79 Å². The van der Waals surface area contributed by atoms with Gasteiger partial charge in [-0.3, -0.25) is 9.78 Å². The number of hydrogen-bond donors (Lipinski definition) is 0. The topological polar surface area (TPSA) is 46.1 Å². The highest BCUT2D eigenvalue weighted by atomic mass is 35.5. The first kappa shape index (κ1) is 19.6. The summed E-state index contributed by atoms with van der Waals surface area (Å²) in [5.41, 5.74) is 5.05. The zero-order chi connectivity index (χ0) is 20.4. The van der Waals surface area contributed by atoms with Gasteiger partial charge in [0.15, 0.2) is 0 Å². The number of aromatic nitrogens is 2. The van der Waals surface area contributed by atoms with Gasteiger partial charge in [0.05, 0.1) is 10.4 Å². The number of halogens is 1. The first-order chi connectivity index (χ1) is 14.0. The fourth-order valence-corrected chi connectivity index (χ4v) is 4.14. The largest absolute Gasteiger partial charge is 0.329 e. The highest BCUT2D eigenvalue weighted by Gasteiger charge is 2.20. The molecule has 4 rings (SSSR count). The molecule has 6 heteroatoms. The molecule has 4 nitrogen and oxygen atoms in total. The maximum Gasteiger partial charge on any atom is 0.264 e. The predicted octanol–water partition coefficient (Wildman–Crippen LogP) is 5.80. The molecular formula is C23H20ClN3OS. The molecule has 0 fully saturated rings. The lowest BCUT2D eigenvalue weighted by molar-refractivity contribution is 0.0735. The Labute approximate surface area is 178 Å². The Morgan fingerprint density at radius 2 is 1.93 bits per heavy atom. The minimum absolute atomic E-state index is 0.0277. The van der Waals surface area contributed by atoms with Gasteiger partial charge in [-0.25, -0.2) is 4.98 Å². The van der Waals surface area contributed by atoms with Crippen LogP contribution in [0.4, 0.5) is 0 Å². The summed E-state index contributed by atoms with van der Waals surface area (Å²) >= 11 is 7.95. The molecule has 4 aromatic rings. The lowest BCUT2D eigenvalue weighted by atomic mass is 10.0. The van der Waals surface area contributed by atoms with Crippen molar-refractivity contribution in [1.29, 1.82) is 0 Å². The number of aryl methyl sites for hydroxylation is 2. The van der Waals surface area contributed by atoms with Crippen LogP contribution in [0, 0.1) is 13.8 Å². The number of carbonyl (C=O) groups excluding carboxylic acids is 1. The molecule has 3 heterocycles. The molecule has 0 atom stereocenters. The van der Waals surface area contributed by atoms with Gasteiger partial charge < -0.3 is 4.90 Å². The van der Waals surface area contributed by atoms with Gasteiger partial charge in [-0.1, -0.05) is 23.7 Å². The van der Waals surface area contributed by atoms with Gasteiger partial charge in [0.25, 0.3) is 5.91 Å². The lowest BCUT2D eigenvalue weighted by Crippen LogP contribution is -2.29. The highest BCUT2D eigenvalue weighted by molar-refractivity contribution is 7.12. The average molecular weight is 422 g/mol. The van der Waals surface area contributed by atoms with Crippen molar-refractivity contribution in [1.82, 2.24) is 14.9 Å².